The Bertz CT molecular complexity index is 490. The van der Waals surface area contributed by atoms with Crippen molar-refractivity contribution in [3.8, 4) is 11.4 Å². The molecule has 2 rings (SSSR count). The first-order valence-corrected chi connectivity index (χ1v) is 5.22. The van der Waals surface area contributed by atoms with Crippen molar-refractivity contribution in [2.45, 2.75) is 26.8 Å². The standard InChI is InChI=1S/C10H14N6/c1-3-6-16-14-10(13-15-16)8-5-4-7(2)12-9(8)11/h4-5H,3,6H2,1-2H3,(H2,11,12). The molecule has 16 heavy (non-hydrogen) atoms. The predicted molar refractivity (Wildman–Crippen MR) is 60.5 cm³/mol. The van der Waals surface area contributed by atoms with E-state index >= 15 is 0 Å². The molecule has 2 aromatic rings. The molecule has 0 unspecified atom stereocenters. The van der Waals surface area contributed by atoms with Crippen LogP contribution in [0.3, 0.4) is 0 Å². The number of pyridine rings is 1. The van der Waals surface area contributed by atoms with E-state index in [4.69, 9.17) is 5.73 Å². The largest absolute Gasteiger partial charge is 0.383 e. The smallest absolute Gasteiger partial charge is 0.208 e. The summed E-state index contributed by atoms with van der Waals surface area (Å²) >= 11 is 0. The zero-order chi connectivity index (χ0) is 11.5. The number of hydrogen-bond donors (Lipinski definition) is 1. The van der Waals surface area contributed by atoms with E-state index in [0.29, 0.717) is 11.6 Å². The third-order valence-electron chi connectivity index (χ3n) is 2.18. The molecule has 0 amide bonds. The fourth-order valence-electron chi connectivity index (χ4n) is 1.41. The molecular weight excluding hydrogens is 204 g/mol. The summed E-state index contributed by atoms with van der Waals surface area (Å²) in [7, 11) is 0. The topological polar surface area (TPSA) is 82.5 Å². The minimum absolute atomic E-state index is 0.441. The molecule has 0 aromatic carbocycles. The summed E-state index contributed by atoms with van der Waals surface area (Å²) in [6, 6.07) is 3.75. The van der Waals surface area contributed by atoms with Gasteiger partial charge >= 0.3 is 0 Å². The average Bonchev–Trinajstić information content (AvgIpc) is 2.67. The quantitative estimate of drug-likeness (QED) is 0.832. The van der Waals surface area contributed by atoms with E-state index in [9.17, 15) is 0 Å². The van der Waals surface area contributed by atoms with Crippen LogP contribution in [0.25, 0.3) is 11.4 Å². The lowest BCUT2D eigenvalue weighted by Crippen LogP contribution is -2.01. The number of aryl methyl sites for hydroxylation is 2. The van der Waals surface area contributed by atoms with E-state index in [1.54, 1.807) is 4.80 Å². The number of rotatable bonds is 3. The van der Waals surface area contributed by atoms with E-state index in [-0.39, 0.29) is 0 Å². The first-order valence-electron chi connectivity index (χ1n) is 5.22. The molecule has 2 heterocycles. The van der Waals surface area contributed by atoms with Crippen molar-refractivity contribution >= 4 is 5.82 Å². The van der Waals surface area contributed by atoms with Gasteiger partial charge in [-0.2, -0.15) is 4.80 Å². The van der Waals surface area contributed by atoms with E-state index in [1.807, 2.05) is 19.1 Å². The second-order valence-corrected chi connectivity index (χ2v) is 3.59. The molecule has 2 N–H and O–H groups in total. The highest BCUT2D eigenvalue weighted by Crippen LogP contribution is 2.19. The molecule has 2 aromatic heterocycles. The van der Waals surface area contributed by atoms with Gasteiger partial charge in [0.1, 0.15) is 5.82 Å². The van der Waals surface area contributed by atoms with Gasteiger partial charge in [0.15, 0.2) is 0 Å². The van der Waals surface area contributed by atoms with Crippen LogP contribution in [0.1, 0.15) is 19.0 Å². The summed E-state index contributed by atoms with van der Waals surface area (Å²) in [5, 5.41) is 12.1. The fourth-order valence-corrected chi connectivity index (χ4v) is 1.41. The maximum Gasteiger partial charge on any atom is 0.208 e. The Hall–Kier alpha value is -1.98. The zero-order valence-electron chi connectivity index (χ0n) is 9.38. The van der Waals surface area contributed by atoms with Crippen molar-refractivity contribution in [3.63, 3.8) is 0 Å². The molecule has 0 aliphatic heterocycles. The Morgan fingerprint density at radius 3 is 2.88 bits per heavy atom. The van der Waals surface area contributed by atoms with Crippen LogP contribution in [-0.2, 0) is 6.54 Å². The maximum atomic E-state index is 5.81. The predicted octanol–water partition coefficient (Wildman–Crippen LogP) is 1.04. The Balaban J connectivity index is 2.35. The summed E-state index contributed by atoms with van der Waals surface area (Å²) in [6.07, 6.45) is 0.970. The van der Waals surface area contributed by atoms with Crippen LogP contribution in [0.15, 0.2) is 12.1 Å². The second-order valence-electron chi connectivity index (χ2n) is 3.59. The lowest BCUT2D eigenvalue weighted by molar-refractivity contribution is 0.515. The molecule has 0 atom stereocenters. The Kier molecular flexibility index (Phi) is 2.80. The summed E-state index contributed by atoms with van der Waals surface area (Å²) in [5.74, 6) is 0.967. The highest BCUT2D eigenvalue weighted by molar-refractivity contribution is 5.67. The maximum absolute atomic E-state index is 5.81. The van der Waals surface area contributed by atoms with Crippen LogP contribution in [0.2, 0.25) is 0 Å². The van der Waals surface area contributed by atoms with E-state index < -0.39 is 0 Å². The van der Waals surface area contributed by atoms with Crippen LogP contribution in [-0.4, -0.2) is 25.2 Å². The lowest BCUT2D eigenvalue weighted by atomic mass is 10.2. The van der Waals surface area contributed by atoms with Gasteiger partial charge in [-0.15, -0.1) is 10.2 Å². The first-order chi connectivity index (χ1) is 7.70. The normalized spacial score (nSPS) is 10.6. The van der Waals surface area contributed by atoms with Gasteiger partial charge in [0.25, 0.3) is 0 Å². The average molecular weight is 218 g/mol. The molecule has 0 fully saturated rings. The molecule has 6 nitrogen and oxygen atoms in total. The van der Waals surface area contributed by atoms with E-state index in [0.717, 1.165) is 24.2 Å². The van der Waals surface area contributed by atoms with Crippen molar-refractivity contribution in [3.05, 3.63) is 17.8 Å². The third-order valence-corrected chi connectivity index (χ3v) is 2.18. The van der Waals surface area contributed by atoms with Gasteiger partial charge in [0.05, 0.1) is 12.1 Å². The molecule has 0 saturated carbocycles. The summed E-state index contributed by atoms with van der Waals surface area (Å²) in [6.45, 7) is 4.71. The highest BCUT2D eigenvalue weighted by atomic mass is 15.6. The van der Waals surface area contributed by atoms with Crippen LogP contribution < -0.4 is 5.73 Å². The molecular formula is C10H14N6. The van der Waals surface area contributed by atoms with Crippen LogP contribution >= 0.6 is 0 Å². The lowest BCUT2D eigenvalue weighted by Gasteiger charge is -2.00. The van der Waals surface area contributed by atoms with E-state index in [1.165, 1.54) is 0 Å². The van der Waals surface area contributed by atoms with Gasteiger partial charge in [-0.1, -0.05) is 6.92 Å². The fraction of sp³-hybridized carbons (Fsp3) is 0.400. The van der Waals surface area contributed by atoms with Gasteiger partial charge < -0.3 is 5.73 Å². The van der Waals surface area contributed by atoms with Gasteiger partial charge in [0.2, 0.25) is 5.82 Å². The highest BCUT2D eigenvalue weighted by Gasteiger charge is 2.09. The molecule has 0 aliphatic carbocycles. The van der Waals surface area contributed by atoms with Crippen molar-refractivity contribution in [2.75, 3.05) is 5.73 Å². The zero-order valence-corrected chi connectivity index (χ0v) is 9.38. The number of nitrogens with zero attached hydrogens (tertiary/aromatic N) is 5. The second kappa shape index (κ2) is 4.26. The van der Waals surface area contributed by atoms with Crippen molar-refractivity contribution in [2.24, 2.45) is 0 Å². The number of nitrogens with two attached hydrogens (primary N) is 1. The number of tetrazole rings is 1. The molecule has 0 aliphatic rings. The summed E-state index contributed by atoms with van der Waals surface area (Å²) in [5.41, 5.74) is 7.42. The molecule has 84 valence electrons. The molecule has 0 radical (unpaired) electrons. The van der Waals surface area contributed by atoms with Gasteiger partial charge in [-0.05, 0) is 30.7 Å². The van der Waals surface area contributed by atoms with Crippen molar-refractivity contribution in [1.29, 1.82) is 0 Å². The van der Waals surface area contributed by atoms with E-state index in [2.05, 4.69) is 27.3 Å². The summed E-state index contributed by atoms with van der Waals surface area (Å²) < 4.78 is 0. The van der Waals surface area contributed by atoms with Gasteiger partial charge in [-0.25, -0.2) is 4.98 Å². The van der Waals surface area contributed by atoms with Crippen molar-refractivity contribution < 1.29 is 0 Å². The number of aromatic nitrogens is 5. The Morgan fingerprint density at radius 2 is 2.19 bits per heavy atom. The number of anilines is 1. The number of nitrogen functional groups attached to an aromatic ring is 1. The first kappa shape index (κ1) is 10.5. The molecule has 6 heteroatoms. The van der Waals surface area contributed by atoms with Gasteiger partial charge in [-0.3, -0.25) is 0 Å². The number of hydrogen-bond acceptors (Lipinski definition) is 5. The monoisotopic (exact) mass is 218 g/mol. The van der Waals surface area contributed by atoms with Crippen molar-refractivity contribution in [1.82, 2.24) is 25.2 Å². The molecule has 0 saturated heterocycles. The molecule has 0 bridgehead atoms. The van der Waals surface area contributed by atoms with Crippen LogP contribution in [0.4, 0.5) is 5.82 Å². The van der Waals surface area contributed by atoms with Crippen LogP contribution in [0, 0.1) is 6.92 Å². The minimum atomic E-state index is 0.441. The molecule has 0 spiro atoms. The Morgan fingerprint density at radius 1 is 1.38 bits per heavy atom. The minimum Gasteiger partial charge on any atom is -0.383 e. The Labute approximate surface area is 93.5 Å². The third kappa shape index (κ3) is 2.00. The van der Waals surface area contributed by atoms with Crippen LogP contribution in [0.5, 0.6) is 0 Å². The SMILES string of the molecule is CCCn1nnc(-c2ccc(C)nc2N)n1. The van der Waals surface area contributed by atoms with Gasteiger partial charge in [0, 0.05) is 5.69 Å². The summed E-state index contributed by atoms with van der Waals surface area (Å²) in [4.78, 5) is 5.73.